The summed E-state index contributed by atoms with van der Waals surface area (Å²) in [5.41, 5.74) is 1.53. The molecule has 0 fully saturated rings. The number of hydrogen-bond donors (Lipinski definition) is 0. The van der Waals surface area contributed by atoms with Crippen LogP contribution in [0.5, 0.6) is 0 Å². The van der Waals surface area contributed by atoms with E-state index in [9.17, 15) is 14.4 Å². The molecule has 0 bridgehead atoms. The van der Waals surface area contributed by atoms with Crippen molar-refractivity contribution in [1.29, 1.82) is 0 Å². The van der Waals surface area contributed by atoms with E-state index in [1.165, 1.54) is 6.08 Å². The number of benzene rings is 2. The molecule has 21 heavy (non-hydrogen) atoms. The number of carbonyl (C=O) groups excluding carboxylic acids is 3. The Balaban J connectivity index is 1.86. The molecule has 0 N–H and O–H groups in total. The summed E-state index contributed by atoms with van der Waals surface area (Å²) >= 11 is 0. The normalized spacial score (nSPS) is 14.7. The van der Waals surface area contributed by atoms with Crippen LogP contribution in [0.25, 0.3) is 6.08 Å². The minimum Gasteiger partial charge on any atom is -0.294 e. The van der Waals surface area contributed by atoms with Crippen molar-refractivity contribution in [2.75, 3.05) is 0 Å². The van der Waals surface area contributed by atoms with E-state index in [0.717, 1.165) is 5.56 Å². The topological polar surface area (TPSA) is 51.2 Å². The fourth-order valence-corrected chi connectivity index (χ4v) is 2.44. The summed E-state index contributed by atoms with van der Waals surface area (Å²) in [6.45, 7) is 0. The molecule has 0 unspecified atom stereocenters. The van der Waals surface area contributed by atoms with Gasteiger partial charge in [0.15, 0.2) is 17.3 Å². The van der Waals surface area contributed by atoms with E-state index in [4.69, 9.17) is 0 Å². The van der Waals surface area contributed by atoms with Gasteiger partial charge in [-0.25, -0.2) is 0 Å². The first-order valence-corrected chi connectivity index (χ1v) is 6.63. The molecular formula is C18H12O3. The summed E-state index contributed by atoms with van der Waals surface area (Å²) in [7, 11) is 0. The number of hydrogen-bond acceptors (Lipinski definition) is 3. The molecule has 0 radical (unpaired) electrons. The average molecular weight is 276 g/mol. The SMILES string of the molecule is O=C(C=Cc1ccccc1)C1C(=O)c2ccccc2C1=O. The minimum absolute atomic E-state index is 0.342. The van der Waals surface area contributed by atoms with Crippen LogP contribution in [0.1, 0.15) is 26.3 Å². The van der Waals surface area contributed by atoms with Crippen LogP contribution >= 0.6 is 0 Å². The molecule has 1 aliphatic rings. The molecule has 102 valence electrons. The summed E-state index contributed by atoms with van der Waals surface area (Å²) < 4.78 is 0. The molecule has 0 saturated carbocycles. The Kier molecular flexibility index (Phi) is 3.32. The Hall–Kier alpha value is -2.81. The molecule has 0 saturated heterocycles. The highest BCUT2D eigenvalue weighted by molar-refractivity contribution is 6.37. The van der Waals surface area contributed by atoms with Gasteiger partial charge in [0.25, 0.3) is 0 Å². The molecule has 0 aromatic heterocycles. The number of Topliss-reactive ketones (excluding diaryl/α,β-unsaturated/α-hetero) is 2. The number of fused-ring (bicyclic) bond motifs is 1. The van der Waals surface area contributed by atoms with Crippen LogP contribution in [-0.4, -0.2) is 17.3 Å². The zero-order chi connectivity index (χ0) is 14.8. The lowest BCUT2D eigenvalue weighted by Crippen LogP contribution is -2.23. The second-order valence-electron chi connectivity index (χ2n) is 4.85. The van der Waals surface area contributed by atoms with Gasteiger partial charge in [0, 0.05) is 11.1 Å². The van der Waals surface area contributed by atoms with Crippen molar-refractivity contribution in [3.8, 4) is 0 Å². The van der Waals surface area contributed by atoms with Crippen molar-refractivity contribution in [3.63, 3.8) is 0 Å². The summed E-state index contributed by atoms with van der Waals surface area (Å²) in [4.78, 5) is 36.5. The van der Waals surface area contributed by atoms with E-state index >= 15 is 0 Å². The number of allylic oxidation sites excluding steroid dienone is 1. The molecule has 3 nitrogen and oxygen atoms in total. The van der Waals surface area contributed by atoms with Crippen LogP contribution in [-0.2, 0) is 4.79 Å². The Bertz CT molecular complexity index is 722. The van der Waals surface area contributed by atoms with Crippen LogP contribution in [0.4, 0.5) is 0 Å². The average Bonchev–Trinajstić information content (AvgIpc) is 2.78. The second-order valence-corrected chi connectivity index (χ2v) is 4.85. The van der Waals surface area contributed by atoms with Crippen LogP contribution in [0, 0.1) is 5.92 Å². The van der Waals surface area contributed by atoms with Gasteiger partial charge < -0.3 is 0 Å². The van der Waals surface area contributed by atoms with E-state index in [0.29, 0.717) is 11.1 Å². The predicted octanol–water partition coefficient (Wildman–Crippen LogP) is 2.96. The molecule has 0 aliphatic heterocycles. The minimum atomic E-state index is -1.22. The quantitative estimate of drug-likeness (QED) is 0.639. The van der Waals surface area contributed by atoms with Crippen LogP contribution in [0.2, 0.25) is 0 Å². The molecule has 0 heterocycles. The molecule has 0 atom stereocenters. The molecular weight excluding hydrogens is 264 g/mol. The maximum Gasteiger partial charge on any atom is 0.182 e. The first-order chi connectivity index (χ1) is 10.2. The molecule has 0 amide bonds. The maximum absolute atomic E-state index is 12.2. The monoisotopic (exact) mass is 276 g/mol. The fourth-order valence-electron chi connectivity index (χ4n) is 2.44. The Morgan fingerprint density at radius 2 is 1.33 bits per heavy atom. The van der Waals surface area contributed by atoms with Crippen molar-refractivity contribution in [3.05, 3.63) is 77.4 Å². The van der Waals surface area contributed by atoms with Gasteiger partial charge >= 0.3 is 0 Å². The second kappa shape index (κ2) is 5.29. The van der Waals surface area contributed by atoms with E-state index in [1.807, 2.05) is 30.3 Å². The third-order valence-corrected chi connectivity index (χ3v) is 3.51. The van der Waals surface area contributed by atoms with E-state index in [1.54, 1.807) is 30.3 Å². The summed E-state index contributed by atoms with van der Waals surface area (Å²) in [5.74, 6) is -2.50. The van der Waals surface area contributed by atoms with Crippen molar-refractivity contribution >= 4 is 23.4 Å². The Morgan fingerprint density at radius 3 is 1.90 bits per heavy atom. The Labute approximate surface area is 121 Å². The maximum atomic E-state index is 12.2. The van der Waals surface area contributed by atoms with Crippen molar-refractivity contribution in [2.45, 2.75) is 0 Å². The highest BCUT2D eigenvalue weighted by Gasteiger charge is 2.41. The lowest BCUT2D eigenvalue weighted by Gasteiger charge is -2.01. The number of ketones is 3. The lowest BCUT2D eigenvalue weighted by atomic mass is 9.97. The zero-order valence-corrected chi connectivity index (χ0v) is 11.2. The van der Waals surface area contributed by atoms with Gasteiger partial charge in [-0.15, -0.1) is 0 Å². The zero-order valence-electron chi connectivity index (χ0n) is 11.2. The standard InChI is InChI=1S/C18H12O3/c19-15(11-10-12-6-2-1-3-7-12)16-17(20)13-8-4-5-9-14(13)18(16)21/h1-11,16H. The molecule has 3 heteroatoms. The summed E-state index contributed by atoms with van der Waals surface area (Å²) in [5, 5.41) is 0. The first-order valence-electron chi connectivity index (χ1n) is 6.63. The van der Waals surface area contributed by atoms with Crippen molar-refractivity contribution < 1.29 is 14.4 Å². The van der Waals surface area contributed by atoms with Gasteiger partial charge in [-0.2, -0.15) is 0 Å². The molecule has 2 aromatic rings. The van der Waals surface area contributed by atoms with Gasteiger partial charge in [-0.05, 0) is 11.6 Å². The number of carbonyl (C=O) groups is 3. The van der Waals surface area contributed by atoms with Gasteiger partial charge in [-0.3, -0.25) is 14.4 Å². The summed E-state index contributed by atoms with van der Waals surface area (Å²) in [6.07, 6.45) is 2.92. The van der Waals surface area contributed by atoms with Crippen molar-refractivity contribution in [2.24, 2.45) is 5.92 Å². The van der Waals surface area contributed by atoms with Crippen LogP contribution in [0.15, 0.2) is 60.7 Å². The fraction of sp³-hybridized carbons (Fsp3) is 0.0556. The molecule has 3 rings (SSSR count). The smallest absolute Gasteiger partial charge is 0.182 e. The van der Waals surface area contributed by atoms with Gasteiger partial charge in [0.05, 0.1) is 0 Å². The van der Waals surface area contributed by atoms with E-state index in [-0.39, 0.29) is 0 Å². The van der Waals surface area contributed by atoms with Crippen LogP contribution < -0.4 is 0 Å². The van der Waals surface area contributed by atoms with Crippen molar-refractivity contribution in [1.82, 2.24) is 0 Å². The number of rotatable bonds is 3. The molecule has 0 spiro atoms. The first kappa shape index (κ1) is 13.2. The van der Waals surface area contributed by atoms with Gasteiger partial charge in [0.2, 0.25) is 0 Å². The van der Waals surface area contributed by atoms with E-state index < -0.39 is 23.3 Å². The predicted molar refractivity (Wildman–Crippen MR) is 79.1 cm³/mol. The third kappa shape index (κ3) is 2.34. The van der Waals surface area contributed by atoms with E-state index in [2.05, 4.69) is 0 Å². The lowest BCUT2D eigenvalue weighted by molar-refractivity contribution is -0.115. The Morgan fingerprint density at radius 1 is 0.810 bits per heavy atom. The van der Waals surface area contributed by atoms with Gasteiger partial charge in [0.1, 0.15) is 5.92 Å². The largest absolute Gasteiger partial charge is 0.294 e. The molecule has 2 aromatic carbocycles. The van der Waals surface area contributed by atoms with Crippen LogP contribution in [0.3, 0.4) is 0 Å². The highest BCUT2D eigenvalue weighted by atomic mass is 16.2. The molecule has 1 aliphatic carbocycles. The van der Waals surface area contributed by atoms with Gasteiger partial charge in [-0.1, -0.05) is 60.7 Å². The third-order valence-electron chi connectivity index (χ3n) is 3.51. The highest BCUT2D eigenvalue weighted by Crippen LogP contribution is 2.27. The summed E-state index contributed by atoms with van der Waals surface area (Å²) in [6, 6.07) is 15.8.